The van der Waals surface area contributed by atoms with E-state index in [9.17, 15) is 22.8 Å². The van der Waals surface area contributed by atoms with Crippen molar-refractivity contribution in [3.05, 3.63) is 35.4 Å². The fraction of sp³-hybridized carbons (Fsp3) is 0.500. The highest BCUT2D eigenvalue weighted by Crippen LogP contribution is 2.32. The zero-order chi connectivity index (χ0) is 18.7. The molecule has 1 fully saturated rings. The van der Waals surface area contributed by atoms with Gasteiger partial charge in [0.25, 0.3) is 0 Å². The number of carbonyl (C=O) groups excluding carboxylic acids is 2. The lowest BCUT2D eigenvalue weighted by Gasteiger charge is -2.30. The number of benzene rings is 1. The van der Waals surface area contributed by atoms with Crippen LogP contribution in [-0.4, -0.2) is 35.9 Å². The molecule has 2 atom stereocenters. The van der Waals surface area contributed by atoms with Crippen molar-refractivity contribution < 1.29 is 22.8 Å². The summed E-state index contributed by atoms with van der Waals surface area (Å²) < 4.78 is 38.7. The van der Waals surface area contributed by atoms with Crippen LogP contribution in [0.25, 0.3) is 0 Å². The van der Waals surface area contributed by atoms with E-state index in [0.717, 1.165) is 30.2 Å². The Balaban J connectivity index is 0.00000338. The Morgan fingerprint density at radius 2 is 2.00 bits per heavy atom. The second-order valence-corrected chi connectivity index (χ2v) is 7.20. The van der Waals surface area contributed by atoms with Crippen LogP contribution in [0.3, 0.4) is 0 Å². The summed E-state index contributed by atoms with van der Waals surface area (Å²) in [5, 5.41) is 5.69. The molecule has 1 heterocycles. The first kappa shape index (κ1) is 22.6. The highest BCUT2D eigenvalue weighted by atomic mass is 35.5. The first-order valence-electron chi connectivity index (χ1n) is 7.72. The Morgan fingerprint density at radius 1 is 1.35 bits per heavy atom. The van der Waals surface area contributed by atoms with Crippen LogP contribution in [0.4, 0.5) is 13.2 Å². The van der Waals surface area contributed by atoms with Gasteiger partial charge in [-0.25, -0.2) is 0 Å². The van der Waals surface area contributed by atoms with Crippen LogP contribution in [0.2, 0.25) is 0 Å². The van der Waals surface area contributed by atoms with E-state index in [1.165, 1.54) is 19.1 Å². The summed E-state index contributed by atoms with van der Waals surface area (Å²) in [5.41, 5.74) is 2.76. The lowest BCUT2D eigenvalue weighted by atomic mass is 9.89. The topological polar surface area (TPSA) is 84.2 Å². The minimum Gasteiger partial charge on any atom is -0.367 e. The van der Waals surface area contributed by atoms with Crippen molar-refractivity contribution in [3.8, 4) is 0 Å². The predicted octanol–water partition coefficient (Wildman–Crippen LogP) is 2.04. The fourth-order valence-corrected chi connectivity index (χ4v) is 3.54. The average molecular weight is 412 g/mol. The van der Waals surface area contributed by atoms with E-state index in [2.05, 4.69) is 10.6 Å². The van der Waals surface area contributed by atoms with Gasteiger partial charge in [-0.1, -0.05) is 12.1 Å². The van der Waals surface area contributed by atoms with Gasteiger partial charge in [0.2, 0.25) is 11.8 Å². The first-order chi connectivity index (χ1) is 11.6. The van der Waals surface area contributed by atoms with Crippen molar-refractivity contribution in [2.75, 3.05) is 18.1 Å². The molecular weight excluding hydrogens is 391 g/mol. The van der Waals surface area contributed by atoms with Crippen molar-refractivity contribution in [2.45, 2.75) is 31.1 Å². The molecule has 0 radical (unpaired) electrons. The zero-order valence-corrected chi connectivity index (χ0v) is 15.7. The molecule has 1 aromatic rings. The van der Waals surface area contributed by atoms with Crippen LogP contribution < -0.4 is 16.4 Å². The molecule has 2 rings (SSSR count). The normalized spacial score (nSPS) is 19.8. The van der Waals surface area contributed by atoms with Gasteiger partial charge in [0.15, 0.2) is 0 Å². The Kier molecular flexibility index (Phi) is 7.79. The van der Waals surface area contributed by atoms with Gasteiger partial charge >= 0.3 is 6.18 Å². The summed E-state index contributed by atoms with van der Waals surface area (Å²) in [5.74, 6) is 0.343. The highest BCUT2D eigenvalue weighted by Gasteiger charge is 2.38. The summed E-state index contributed by atoms with van der Waals surface area (Å²) in [6, 6.07) is 4.22. The van der Waals surface area contributed by atoms with Crippen LogP contribution >= 0.6 is 24.2 Å². The molecule has 1 aliphatic heterocycles. The Labute approximate surface area is 160 Å². The van der Waals surface area contributed by atoms with E-state index >= 15 is 0 Å². The van der Waals surface area contributed by atoms with Gasteiger partial charge < -0.3 is 16.4 Å². The molecule has 2 unspecified atom stereocenters. The molecule has 5 nitrogen and oxygen atoms in total. The standard InChI is InChI=1S/C16H20F3N3O2S.ClH/c1-15(14(20)24,10-3-2-4-11(7-10)16(17,18)19)22-13(23)8-12-9-25-6-5-21-12;/h2-4,7,12,21H,5-6,8-9H2,1H3,(H2,20,24)(H,22,23);1H. The summed E-state index contributed by atoms with van der Waals surface area (Å²) >= 11 is 1.71. The maximum atomic E-state index is 12.9. The maximum absolute atomic E-state index is 12.9. The average Bonchev–Trinajstić information content (AvgIpc) is 2.54. The minimum absolute atomic E-state index is 0. The van der Waals surface area contributed by atoms with Crippen molar-refractivity contribution >= 4 is 36.0 Å². The van der Waals surface area contributed by atoms with Gasteiger partial charge in [-0.05, 0) is 24.6 Å². The third-order valence-electron chi connectivity index (χ3n) is 4.08. The van der Waals surface area contributed by atoms with Crippen molar-refractivity contribution in [1.29, 1.82) is 0 Å². The molecule has 146 valence electrons. The van der Waals surface area contributed by atoms with Crippen LogP contribution in [0.5, 0.6) is 0 Å². The Hall–Kier alpha value is -1.45. The van der Waals surface area contributed by atoms with E-state index in [1.807, 2.05) is 0 Å². The molecule has 0 spiro atoms. The number of hydrogen-bond donors (Lipinski definition) is 3. The second kappa shape index (κ2) is 8.96. The number of hydrogen-bond acceptors (Lipinski definition) is 4. The number of nitrogens with one attached hydrogen (secondary N) is 2. The van der Waals surface area contributed by atoms with Gasteiger partial charge in [0.1, 0.15) is 5.54 Å². The molecule has 10 heteroatoms. The summed E-state index contributed by atoms with van der Waals surface area (Å²) in [4.78, 5) is 24.2. The molecule has 0 aliphatic carbocycles. The van der Waals surface area contributed by atoms with Crippen molar-refractivity contribution in [2.24, 2.45) is 5.73 Å². The summed E-state index contributed by atoms with van der Waals surface area (Å²) in [6.07, 6.45) is -4.43. The van der Waals surface area contributed by atoms with Crippen LogP contribution in [0.1, 0.15) is 24.5 Å². The smallest absolute Gasteiger partial charge is 0.367 e. The number of carbonyl (C=O) groups is 2. The summed E-state index contributed by atoms with van der Waals surface area (Å²) in [6.45, 7) is 2.09. The molecule has 1 aromatic carbocycles. The predicted molar refractivity (Wildman–Crippen MR) is 97.1 cm³/mol. The molecule has 1 aliphatic rings. The SMILES string of the molecule is CC(NC(=O)CC1CSCCN1)(C(N)=O)c1cccc(C(F)(F)F)c1.Cl. The van der Waals surface area contributed by atoms with Gasteiger partial charge in [-0.3, -0.25) is 9.59 Å². The van der Waals surface area contributed by atoms with E-state index in [-0.39, 0.29) is 30.4 Å². The molecule has 0 bridgehead atoms. The molecule has 26 heavy (non-hydrogen) atoms. The number of nitrogens with two attached hydrogens (primary N) is 1. The number of thioether (sulfide) groups is 1. The fourth-order valence-electron chi connectivity index (χ4n) is 2.59. The monoisotopic (exact) mass is 411 g/mol. The number of alkyl halides is 3. The molecule has 4 N–H and O–H groups in total. The minimum atomic E-state index is -4.55. The van der Waals surface area contributed by atoms with Crippen molar-refractivity contribution in [1.82, 2.24) is 10.6 Å². The largest absolute Gasteiger partial charge is 0.416 e. The lowest BCUT2D eigenvalue weighted by Crippen LogP contribution is -2.54. The number of halogens is 4. The van der Waals surface area contributed by atoms with Gasteiger partial charge in [0, 0.05) is 30.5 Å². The summed E-state index contributed by atoms with van der Waals surface area (Å²) in [7, 11) is 0. The van der Waals surface area contributed by atoms with Crippen LogP contribution in [0.15, 0.2) is 24.3 Å². The van der Waals surface area contributed by atoms with E-state index in [0.29, 0.717) is 0 Å². The highest BCUT2D eigenvalue weighted by molar-refractivity contribution is 7.99. The second-order valence-electron chi connectivity index (χ2n) is 6.05. The Bertz CT molecular complexity index is 654. The lowest BCUT2D eigenvalue weighted by molar-refractivity contribution is -0.138. The molecule has 0 aromatic heterocycles. The van der Waals surface area contributed by atoms with Gasteiger partial charge in [-0.15, -0.1) is 12.4 Å². The van der Waals surface area contributed by atoms with E-state index in [4.69, 9.17) is 5.73 Å². The zero-order valence-electron chi connectivity index (χ0n) is 14.1. The number of rotatable bonds is 5. The first-order valence-corrected chi connectivity index (χ1v) is 8.88. The third-order valence-corrected chi connectivity index (χ3v) is 5.21. The molecule has 2 amide bonds. The van der Waals surface area contributed by atoms with Gasteiger partial charge in [-0.2, -0.15) is 24.9 Å². The van der Waals surface area contributed by atoms with Gasteiger partial charge in [0.05, 0.1) is 5.56 Å². The van der Waals surface area contributed by atoms with Crippen molar-refractivity contribution in [3.63, 3.8) is 0 Å². The molecule has 1 saturated heterocycles. The molecule has 0 saturated carbocycles. The van der Waals surface area contributed by atoms with Crippen LogP contribution in [0, 0.1) is 0 Å². The van der Waals surface area contributed by atoms with Crippen LogP contribution in [-0.2, 0) is 21.3 Å². The molecular formula is C16H21ClF3N3O2S. The number of primary amides is 1. The third kappa shape index (κ3) is 5.52. The van der Waals surface area contributed by atoms with E-state index in [1.54, 1.807) is 11.8 Å². The van der Waals surface area contributed by atoms with E-state index < -0.39 is 29.1 Å². The quantitative estimate of drug-likeness (QED) is 0.692. The Morgan fingerprint density at radius 3 is 2.54 bits per heavy atom. The number of amides is 2. The maximum Gasteiger partial charge on any atom is 0.416 e.